The predicted octanol–water partition coefficient (Wildman–Crippen LogP) is 27.9. The molecule has 7 atom stereocenters. The van der Waals surface area contributed by atoms with Crippen LogP contribution in [0.3, 0.4) is 0 Å². The van der Waals surface area contributed by atoms with Crippen LogP contribution < -0.4 is 18.9 Å². The number of hydrogen-bond donors (Lipinski definition) is 7. The summed E-state index contributed by atoms with van der Waals surface area (Å²) in [5.41, 5.74) is 6.61. The van der Waals surface area contributed by atoms with Crippen molar-refractivity contribution in [2.24, 2.45) is 34.5 Å². The number of hydrogen-bond acceptors (Lipinski definition) is 16. The second kappa shape index (κ2) is 53.8. The van der Waals surface area contributed by atoms with E-state index in [2.05, 4.69) is 91.8 Å². The Kier molecular flexibility index (Phi) is 46.3. The van der Waals surface area contributed by atoms with Gasteiger partial charge in [0.2, 0.25) is 0 Å². The summed E-state index contributed by atoms with van der Waals surface area (Å²) in [5, 5.41) is 66.4. The minimum absolute atomic E-state index is 0.0268. The Morgan fingerprint density at radius 2 is 0.547 bits per heavy atom. The van der Waals surface area contributed by atoms with Gasteiger partial charge in [-0.15, -0.1) is 0 Å². The van der Waals surface area contributed by atoms with Crippen LogP contribution in [0.15, 0.2) is 224 Å². The van der Waals surface area contributed by atoms with Gasteiger partial charge in [-0.2, -0.15) is 0 Å². The molecule has 0 bridgehead atoms. The highest BCUT2D eigenvalue weighted by atomic mass is 16.5. The van der Waals surface area contributed by atoms with Crippen molar-refractivity contribution >= 4 is 23.9 Å². The summed E-state index contributed by atoms with van der Waals surface area (Å²) in [4.78, 5) is 46.4. The molecule has 2 aliphatic rings. The fourth-order valence-corrected chi connectivity index (χ4v) is 14.1. The lowest BCUT2D eigenvalue weighted by atomic mass is 9.70. The highest BCUT2D eigenvalue weighted by Gasteiger charge is 2.49. The van der Waals surface area contributed by atoms with Gasteiger partial charge in [-0.05, 0) is 322 Å². The normalized spacial score (nSPS) is 14.6. The van der Waals surface area contributed by atoms with E-state index >= 15 is 0 Å². The Morgan fingerprint density at radius 3 is 0.797 bits per heavy atom. The second-order valence-electron chi connectivity index (χ2n) is 36.9. The number of methoxy groups -OCH3 is 1. The first kappa shape index (κ1) is 110. The zero-order chi connectivity index (χ0) is 95.8. The molecule has 0 amide bonds. The summed E-state index contributed by atoms with van der Waals surface area (Å²) < 4.78 is 27.2. The van der Waals surface area contributed by atoms with Crippen LogP contribution in [0.5, 0.6) is 46.0 Å². The molecule has 16 nitrogen and oxygen atoms in total. The van der Waals surface area contributed by atoms with E-state index < -0.39 is 27.6 Å². The Bertz CT molecular complexity index is 4540. The molecule has 0 aliphatic heterocycles. The van der Waals surface area contributed by atoms with Crippen molar-refractivity contribution in [3.63, 3.8) is 0 Å². The third-order valence-electron chi connectivity index (χ3n) is 25.5. The molecule has 11 rings (SSSR count). The molecule has 2 fully saturated rings. The van der Waals surface area contributed by atoms with E-state index in [4.69, 9.17) is 44.1 Å². The van der Waals surface area contributed by atoms with Crippen LogP contribution in [0.2, 0.25) is 0 Å². The van der Waals surface area contributed by atoms with Gasteiger partial charge in [0.25, 0.3) is 0 Å². The molecule has 9 aromatic carbocycles. The quantitative estimate of drug-likeness (QED) is 0.0178. The zero-order valence-electron chi connectivity index (χ0n) is 81.6. The lowest BCUT2D eigenvalue weighted by molar-refractivity contribution is -0.144. The van der Waals surface area contributed by atoms with Crippen molar-refractivity contribution < 1.29 is 78.6 Å². The molecule has 0 saturated heterocycles. The zero-order valence-corrected chi connectivity index (χ0v) is 81.6. The minimum atomic E-state index is -0.935. The maximum Gasteiger partial charge on any atom is 0.316 e. The number of rotatable bonds is 28. The third-order valence-corrected chi connectivity index (χ3v) is 25.5. The first-order valence-corrected chi connectivity index (χ1v) is 46.6. The predicted molar refractivity (Wildman–Crippen MR) is 521 cm³/mol. The van der Waals surface area contributed by atoms with E-state index in [0.717, 1.165) is 67.2 Å². The van der Waals surface area contributed by atoms with E-state index in [9.17, 15) is 34.5 Å². The molecule has 7 N–H and O–H groups in total. The molecular weight excluding hydrogens is 1600 g/mol. The number of phenols is 4. The summed E-state index contributed by atoms with van der Waals surface area (Å²) in [7, 11) is 1.97. The lowest BCUT2D eigenvalue weighted by Crippen LogP contribution is -2.42. The van der Waals surface area contributed by atoms with Gasteiger partial charge < -0.3 is 59.4 Å². The van der Waals surface area contributed by atoms with E-state index in [1.54, 1.807) is 125 Å². The van der Waals surface area contributed by atoms with Crippen molar-refractivity contribution in [3.05, 3.63) is 275 Å². The fourth-order valence-electron chi connectivity index (χ4n) is 14.1. The smallest absolute Gasteiger partial charge is 0.316 e. The van der Waals surface area contributed by atoms with Crippen molar-refractivity contribution in [2.75, 3.05) is 7.11 Å². The Hall–Kier alpha value is -10.1. The van der Waals surface area contributed by atoms with Crippen LogP contribution in [0.1, 0.15) is 336 Å². The van der Waals surface area contributed by atoms with Gasteiger partial charge >= 0.3 is 23.9 Å². The van der Waals surface area contributed by atoms with Crippen molar-refractivity contribution in [1.82, 2.24) is 0 Å². The van der Waals surface area contributed by atoms with Crippen LogP contribution in [-0.2, 0) is 46.3 Å². The summed E-state index contributed by atoms with van der Waals surface area (Å²) in [5.74, 6) is 5.65. The third kappa shape index (κ3) is 35.7. The largest absolute Gasteiger partial charge is 0.508 e. The molecule has 0 heterocycles. The molecule has 16 heteroatoms. The Balaban J connectivity index is 0.000000310. The molecule has 9 aromatic rings. The molecule has 0 radical (unpaired) electrons. The van der Waals surface area contributed by atoms with E-state index in [0.29, 0.717) is 70.0 Å². The van der Waals surface area contributed by atoms with Crippen LogP contribution in [-0.4, -0.2) is 66.7 Å². The van der Waals surface area contributed by atoms with E-state index in [-0.39, 0.29) is 52.8 Å². The number of ether oxygens (including phenoxy) is 5. The average Bonchev–Trinajstić information content (AvgIpc) is 1.70. The van der Waals surface area contributed by atoms with Gasteiger partial charge in [0.05, 0.1) is 39.5 Å². The number of phenolic OH excluding ortho intramolecular Hbond substituents is 4. The Labute approximate surface area is 768 Å². The van der Waals surface area contributed by atoms with Crippen LogP contribution in [0.4, 0.5) is 0 Å². The van der Waals surface area contributed by atoms with Gasteiger partial charge in [0.15, 0.2) is 0 Å². The van der Waals surface area contributed by atoms with Crippen molar-refractivity contribution in [1.29, 1.82) is 0 Å². The number of carbonyl (C=O) groups excluding carboxylic acids is 4. The fraction of sp³-hybridized carbons (Fsp3) is 0.482. The first-order valence-electron chi connectivity index (χ1n) is 46.6. The maximum absolute atomic E-state index is 11.9. The molecule has 128 heavy (non-hydrogen) atoms. The standard InChI is InChI=1S/C22H34O.C18H22O.C15H22O3.C14H20O3.C12H16O3.C11H14O3.2C10H14O/c1-4-17(2)18-13-15-21(16-14-18)22(23-3,19-9-5-6-10-19)20-11-7-8-12-20;1-4-14(2)15-10-12-17(13-11-15)18(3,19)16-8-6-5-7-9-16;1-6-14(2,3)13(16)18-12-9-7-11(8-10-12)15(4,5)17;1-5-10(2)13(15)17-12-8-6-11(7-9-12)14(3,4)16;1-4-12(2,3)11(14)15-10-7-5-9(13)6-8-10;1-3-8(2)11(13)14-10-6-4-9(12)5-7-10;2*1-3-8(2)9-4-6-10(11)7-5-9/h13-17,19-20H,4-12H2,1-3H3;5-14,19H,4H2,1-3H3;7-10,17H,6H2,1-5H3;6-10,16H,5H2,1-4H3;5-8,13H,4H2,1-3H3;4-8,12H,3H2,1-2H3;2*4-8,11H,3H2,1-2H3. The molecule has 0 spiro atoms. The number of benzene rings is 9. The molecule has 700 valence electrons. The Morgan fingerprint density at radius 1 is 0.312 bits per heavy atom. The summed E-state index contributed by atoms with van der Waals surface area (Å²) in [6.45, 7) is 45.3. The summed E-state index contributed by atoms with van der Waals surface area (Å²) >= 11 is 0. The number of esters is 4. The van der Waals surface area contributed by atoms with Crippen molar-refractivity contribution in [2.45, 2.75) is 308 Å². The highest BCUT2D eigenvalue weighted by Crippen LogP contribution is 2.53. The summed E-state index contributed by atoms with van der Waals surface area (Å²) in [6, 6.07) is 68.6. The van der Waals surface area contributed by atoms with Gasteiger partial charge in [-0.3, -0.25) is 19.2 Å². The number of aromatic hydroxyl groups is 4. The van der Waals surface area contributed by atoms with Crippen LogP contribution in [0.25, 0.3) is 0 Å². The van der Waals surface area contributed by atoms with Gasteiger partial charge in [-0.25, -0.2) is 0 Å². The van der Waals surface area contributed by atoms with Gasteiger partial charge in [0, 0.05) is 7.11 Å². The van der Waals surface area contributed by atoms with Crippen LogP contribution in [0, 0.1) is 34.5 Å². The summed E-state index contributed by atoms with van der Waals surface area (Å²) in [6.07, 6.45) is 18.5. The number of carbonyl (C=O) groups is 4. The first-order chi connectivity index (χ1) is 60.3. The van der Waals surface area contributed by atoms with E-state index in [1.165, 1.54) is 110 Å². The second-order valence-corrected chi connectivity index (χ2v) is 36.9. The number of aliphatic hydroxyl groups is 3. The molecule has 0 aromatic heterocycles. The topological polar surface area (TPSA) is 256 Å². The van der Waals surface area contributed by atoms with Gasteiger partial charge in [-0.1, -0.05) is 250 Å². The molecule has 2 aliphatic carbocycles. The SMILES string of the molecule is CCC(C)(C)C(=O)Oc1ccc(C(C)(C)O)cc1.CCC(C)(C)C(=O)Oc1ccc(O)cc1.CCC(C)C(=O)Oc1ccc(C(C)(C)O)cc1.CCC(C)C(=O)Oc1ccc(O)cc1.CCC(C)c1ccc(C(C)(O)c2ccccc2)cc1.CCC(C)c1ccc(C(OC)(C2CCCC2)C2CCCC2)cc1.CCC(C)c1ccc(O)cc1.CCC(C)c1ccc(O)cc1. The molecule has 7 unspecified atom stereocenters. The minimum Gasteiger partial charge on any atom is -0.508 e. The van der Waals surface area contributed by atoms with E-state index in [1.807, 2.05) is 150 Å². The molecular formula is C112H156O16. The monoisotopic (exact) mass is 1760 g/mol. The van der Waals surface area contributed by atoms with Gasteiger partial charge in [0.1, 0.15) is 51.6 Å². The maximum atomic E-state index is 11.9. The molecule has 2 saturated carbocycles. The van der Waals surface area contributed by atoms with Crippen molar-refractivity contribution in [3.8, 4) is 46.0 Å². The lowest BCUT2D eigenvalue weighted by Gasteiger charge is -2.43. The van der Waals surface area contributed by atoms with Crippen LogP contribution >= 0.6 is 0 Å². The average molecular weight is 1760 g/mol. The highest BCUT2D eigenvalue weighted by molar-refractivity contribution is 5.79.